The molecule has 41 heavy (non-hydrogen) atoms. The standard InChI is InChI=1S/C26H28O15/c1-8-17(31)20(34)22(36)26(38-8)40-15-6-10(27)5-14-16(15)19(33)24(41-25-21(35)18(32)13(30)7-37-25)23(39-14)9-2-3-11(28)12(29)4-9/h2-6,8,13,17-18,20-22,25-32,34-36H,7H2,1H3/t8-,13+,17-,18-,20+,21+,22+,25-,26+/m0/s1. The van der Waals surface area contributed by atoms with Crippen LogP contribution in [-0.4, -0.2) is 108 Å². The zero-order valence-corrected chi connectivity index (χ0v) is 21.3. The fourth-order valence-electron chi connectivity index (χ4n) is 4.54. The summed E-state index contributed by atoms with van der Waals surface area (Å²) in [4.78, 5) is 13.9. The number of rotatable bonds is 5. The van der Waals surface area contributed by atoms with E-state index in [2.05, 4.69) is 0 Å². The van der Waals surface area contributed by atoms with Crippen LogP contribution in [0.2, 0.25) is 0 Å². The van der Waals surface area contributed by atoms with Crippen molar-refractivity contribution in [2.75, 3.05) is 6.61 Å². The topological polar surface area (TPSA) is 249 Å². The Kier molecular flexibility index (Phi) is 7.71. The van der Waals surface area contributed by atoms with Gasteiger partial charge >= 0.3 is 0 Å². The summed E-state index contributed by atoms with van der Waals surface area (Å²) < 4.78 is 27.9. The Bertz CT molecular complexity index is 1490. The summed E-state index contributed by atoms with van der Waals surface area (Å²) in [5, 5.41) is 90.6. The van der Waals surface area contributed by atoms with Crippen LogP contribution in [-0.2, 0) is 9.47 Å². The Labute approximate surface area is 230 Å². The molecule has 0 amide bonds. The van der Waals surface area contributed by atoms with Gasteiger partial charge in [-0.05, 0) is 25.1 Å². The fourth-order valence-corrected chi connectivity index (χ4v) is 4.54. The number of benzene rings is 2. The Hall–Kier alpha value is -3.67. The summed E-state index contributed by atoms with van der Waals surface area (Å²) in [6, 6.07) is 5.47. The number of fused-ring (bicyclic) bond motifs is 1. The lowest BCUT2D eigenvalue weighted by Crippen LogP contribution is -2.58. The molecule has 0 bridgehead atoms. The molecule has 0 unspecified atom stereocenters. The maximum Gasteiger partial charge on any atom is 0.239 e. The van der Waals surface area contributed by atoms with Crippen LogP contribution in [0.1, 0.15) is 6.92 Å². The minimum Gasteiger partial charge on any atom is -0.508 e. The van der Waals surface area contributed by atoms with Crippen molar-refractivity contribution in [1.82, 2.24) is 0 Å². The summed E-state index contributed by atoms with van der Waals surface area (Å²) in [5.74, 6) is -2.89. The number of phenolic OH excluding ortho intramolecular Hbond substituents is 3. The molecule has 2 aliphatic rings. The van der Waals surface area contributed by atoms with Crippen LogP contribution in [0.5, 0.6) is 28.7 Å². The molecular formula is C26H28O15. The van der Waals surface area contributed by atoms with Crippen LogP contribution in [0.15, 0.2) is 39.5 Å². The third kappa shape index (κ3) is 5.25. The fraction of sp³-hybridized carbons (Fsp3) is 0.423. The van der Waals surface area contributed by atoms with E-state index in [1.807, 2.05) is 0 Å². The van der Waals surface area contributed by atoms with Gasteiger partial charge in [0.2, 0.25) is 23.8 Å². The SMILES string of the molecule is C[C@@H]1O[C@H](Oc2cc(O)cc3oc(-c4ccc(O)c(O)c4)c(O[C@@H]4OC[C@@H](O)[C@H](O)[C@H]4O)c(=O)c23)[C@H](O)[C@H](O)[C@H]1O. The molecule has 0 saturated carbocycles. The quantitative estimate of drug-likeness (QED) is 0.157. The van der Waals surface area contributed by atoms with Gasteiger partial charge in [0, 0.05) is 17.7 Å². The largest absolute Gasteiger partial charge is 0.508 e. The maximum absolute atomic E-state index is 13.9. The zero-order valence-electron chi connectivity index (χ0n) is 21.3. The smallest absolute Gasteiger partial charge is 0.239 e. The third-order valence-corrected chi connectivity index (χ3v) is 6.88. The van der Waals surface area contributed by atoms with Crippen LogP contribution in [0.4, 0.5) is 0 Å². The predicted molar refractivity (Wildman–Crippen MR) is 134 cm³/mol. The number of hydrogen-bond acceptors (Lipinski definition) is 15. The second-order valence-corrected chi connectivity index (χ2v) is 9.78. The van der Waals surface area contributed by atoms with Crippen LogP contribution in [0, 0.1) is 0 Å². The lowest BCUT2D eigenvalue weighted by Gasteiger charge is -2.39. The molecule has 0 aliphatic carbocycles. The Balaban J connectivity index is 1.66. The lowest BCUT2D eigenvalue weighted by atomic mass is 10.00. The first-order valence-corrected chi connectivity index (χ1v) is 12.4. The van der Waals surface area contributed by atoms with Gasteiger partial charge in [-0.3, -0.25) is 4.79 Å². The predicted octanol–water partition coefficient (Wildman–Crippen LogP) is -1.40. The van der Waals surface area contributed by atoms with E-state index in [-0.39, 0.29) is 28.0 Å². The molecule has 3 aromatic rings. The highest BCUT2D eigenvalue weighted by Crippen LogP contribution is 2.40. The number of aliphatic hydroxyl groups excluding tert-OH is 6. The average Bonchev–Trinajstić information content (AvgIpc) is 2.93. The van der Waals surface area contributed by atoms with Crippen molar-refractivity contribution in [3.63, 3.8) is 0 Å². The van der Waals surface area contributed by atoms with E-state index in [1.54, 1.807) is 0 Å². The normalized spacial score (nSPS) is 32.1. The first-order valence-electron chi connectivity index (χ1n) is 12.4. The van der Waals surface area contributed by atoms with Gasteiger partial charge in [-0.25, -0.2) is 0 Å². The van der Waals surface area contributed by atoms with E-state index in [1.165, 1.54) is 13.0 Å². The molecule has 0 spiro atoms. The highest BCUT2D eigenvalue weighted by Gasteiger charge is 2.44. The lowest BCUT2D eigenvalue weighted by molar-refractivity contribution is -0.267. The molecule has 15 heteroatoms. The molecule has 2 fully saturated rings. The van der Waals surface area contributed by atoms with Crippen molar-refractivity contribution >= 4 is 11.0 Å². The van der Waals surface area contributed by atoms with E-state index in [9.17, 15) is 50.8 Å². The molecule has 3 heterocycles. The highest BCUT2D eigenvalue weighted by molar-refractivity contribution is 5.88. The van der Waals surface area contributed by atoms with Crippen molar-refractivity contribution in [3.8, 4) is 40.1 Å². The molecule has 2 aliphatic heterocycles. The summed E-state index contributed by atoms with van der Waals surface area (Å²) >= 11 is 0. The molecule has 2 aromatic carbocycles. The summed E-state index contributed by atoms with van der Waals surface area (Å²) in [6.45, 7) is 0.958. The van der Waals surface area contributed by atoms with Crippen molar-refractivity contribution in [2.45, 2.75) is 62.2 Å². The van der Waals surface area contributed by atoms with Gasteiger partial charge in [0.1, 0.15) is 59.1 Å². The first kappa shape index (κ1) is 28.8. The van der Waals surface area contributed by atoms with Gasteiger partial charge in [0.05, 0.1) is 12.7 Å². The maximum atomic E-state index is 13.9. The van der Waals surface area contributed by atoms with E-state index in [4.69, 9.17) is 23.4 Å². The minimum atomic E-state index is -1.81. The van der Waals surface area contributed by atoms with Gasteiger partial charge in [-0.15, -0.1) is 0 Å². The molecule has 1 aromatic heterocycles. The van der Waals surface area contributed by atoms with Crippen LogP contribution >= 0.6 is 0 Å². The Morgan fingerprint density at radius 2 is 1.51 bits per heavy atom. The highest BCUT2D eigenvalue weighted by atomic mass is 16.7. The number of ether oxygens (including phenoxy) is 4. The monoisotopic (exact) mass is 580 g/mol. The molecule has 15 nitrogen and oxygen atoms in total. The third-order valence-electron chi connectivity index (χ3n) is 6.88. The molecule has 5 rings (SSSR count). The summed E-state index contributed by atoms with van der Waals surface area (Å²) in [6.07, 6.45) is -14.1. The molecule has 0 radical (unpaired) electrons. The van der Waals surface area contributed by atoms with Gasteiger partial charge in [-0.2, -0.15) is 0 Å². The summed E-state index contributed by atoms with van der Waals surface area (Å²) in [5.41, 5.74) is -1.25. The van der Waals surface area contributed by atoms with Crippen molar-refractivity contribution in [1.29, 1.82) is 0 Å². The second-order valence-electron chi connectivity index (χ2n) is 9.78. The molecule has 222 valence electrons. The second kappa shape index (κ2) is 11.0. The van der Waals surface area contributed by atoms with Crippen LogP contribution in [0.25, 0.3) is 22.3 Å². The number of aromatic hydroxyl groups is 3. The first-order chi connectivity index (χ1) is 19.4. The molecule has 9 atom stereocenters. The Morgan fingerprint density at radius 3 is 2.22 bits per heavy atom. The molecular weight excluding hydrogens is 552 g/mol. The minimum absolute atomic E-state index is 0.00274. The molecule has 9 N–H and O–H groups in total. The van der Waals surface area contributed by atoms with Crippen molar-refractivity contribution < 1.29 is 69.3 Å². The zero-order chi connectivity index (χ0) is 29.7. The van der Waals surface area contributed by atoms with Crippen molar-refractivity contribution in [2.24, 2.45) is 0 Å². The van der Waals surface area contributed by atoms with Gasteiger partial charge in [-0.1, -0.05) is 0 Å². The molecule has 2 saturated heterocycles. The van der Waals surface area contributed by atoms with Crippen LogP contribution < -0.4 is 14.9 Å². The van der Waals surface area contributed by atoms with Gasteiger partial charge in [0.25, 0.3) is 0 Å². The van der Waals surface area contributed by atoms with E-state index in [0.29, 0.717) is 0 Å². The van der Waals surface area contributed by atoms with Crippen molar-refractivity contribution in [3.05, 3.63) is 40.6 Å². The van der Waals surface area contributed by atoms with Crippen LogP contribution in [0.3, 0.4) is 0 Å². The van der Waals surface area contributed by atoms with E-state index < -0.39 is 90.3 Å². The van der Waals surface area contributed by atoms with Gasteiger partial charge in [0.15, 0.2) is 17.3 Å². The number of phenols is 3. The Morgan fingerprint density at radius 1 is 0.805 bits per heavy atom. The number of aliphatic hydroxyl groups is 6. The van der Waals surface area contributed by atoms with Gasteiger partial charge < -0.3 is 69.3 Å². The van der Waals surface area contributed by atoms with E-state index in [0.717, 1.165) is 24.3 Å². The summed E-state index contributed by atoms with van der Waals surface area (Å²) in [7, 11) is 0. The number of hydrogen-bond donors (Lipinski definition) is 9. The van der Waals surface area contributed by atoms with E-state index >= 15 is 0 Å². The average molecular weight is 580 g/mol.